The quantitative estimate of drug-likeness (QED) is 0.539. The van der Waals surface area contributed by atoms with E-state index in [9.17, 15) is 22.4 Å². The third-order valence-corrected chi connectivity index (χ3v) is 6.34. The molecule has 8 nitrogen and oxygen atoms in total. The SMILES string of the molecule is Cc1nnc([C@]23C[C@@H](C)C[C@H](C2)N3C(=O)Nc2ccc(C(F)(F)F)c(-c3ncc(F)cn3)c2)o1. The number of carbonyl (C=O) groups excluding carboxylic acids is 1. The summed E-state index contributed by atoms with van der Waals surface area (Å²) in [6.45, 7) is 3.76. The Morgan fingerprint density at radius 2 is 1.94 bits per heavy atom. The Morgan fingerprint density at radius 3 is 2.59 bits per heavy atom. The van der Waals surface area contributed by atoms with Crippen LogP contribution in [0.4, 0.5) is 28.0 Å². The third kappa shape index (κ3) is 3.66. The fourth-order valence-electron chi connectivity index (χ4n) is 5.12. The highest BCUT2D eigenvalue weighted by Crippen LogP contribution is 2.55. The van der Waals surface area contributed by atoms with Crippen LogP contribution in [0.2, 0.25) is 0 Å². The zero-order valence-corrected chi connectivity index (χ0v) is 18.2. The highest BCUT2D eigenvalue weighted by Gasteiger charge is 2.62. The minimum atomic E-state index is -4.69. The van der Waals surface area contributed by atoms with E-state index in [0.717, 1.165) is 37.0 Å². The van der Waals surface area contributed by atoms with Crippen LogP contribution in [0, 0.1) is 18.7 Å². The average Bonchev–Trinajstić information content (AvgIpc) is 3.19. The predicted octanol–water partition coefficient (Wildman–Crippen LogP) is 4.92. The van der Waals surface area contributed by atoms with Gasteiger partial charge >= 0.3 is 12.2 Å². The number of benzene rings is 1. The molecule has 12 heteroatoms. The van der Waals surface area contributed by atoms with Crippen LogP contribution in [-0.4, -0.2) is 37.1 Å². The Kier molecular flexibility index (Phi) is 5.06. The van der Waals surface area contributed by atoms with Crippen LogP contribution < -0.4 is 5.32 Å². The number of urea groups is 1. The number of fused-ring (bicyclic) bond motifs is 2. The summed E-state index contributed by atoms with van der Waals surface area (Å²) < 4.78 is 59.6. The molecule has 2 fully saturated rings. The number of piperidine rings is 1. The molecule has 2 amide bonds. The maximum absolute atomic E-state index is 13.6. The second-order valence-corrected chi connectivity index (χ2v) is 8.84. The van der Waals surface area contributed by atoms with Gasteiger partial charge < -0.3 is 14.6 Å². The summed E-state index contributed by atoms with van der Waals surface area (Å²) in [6.07, 6.45) is -1.02. The number of likely N-dealkylation sites (tertiary alicyclic amines) is 1. The molecule has 1 N–H and O–H groups in total. The smallest absolute Gasteiger partial charge is 0.417 e. The van der Waals surface area contributed by atoms with Gasteiger partial charge in [0.15, 0.2) is 11.6 Å². The first-order valence-electron chi connectivity index (χ1n) is 10.7. The lowest BCUT2D eigenvalue weighted by atomic mass is 9.64. The van der Waals surface area contributed by atoms with Gasteiger partial charge in [0.25, 0.3) is 0 Å². The van der Waals surface area contributed by atoms with Crippen LogP contribution >= 0.6 is 0 Å². The number of nitrogens with zero attached hydrogens (tertiary/aromatic N) is 5. The lowest BCUT2D eigenvalue weighted by molar-refractivity contribution is -0.137. The van der Waals surface area contributed by atoms with E-state index in [4.69, 9.17) is 4.42 Å². The van der Waals surface area contributed by atoms with Gasteiger partial charge in [-0.15, -0.1) is 10.2 Å². The molecule has 1 aliphatic heterocycles. The standard InChI is InChI=1S/C22H20F4N6O2/c1-11-5-15-8-21(7-11,19-31-30-12(2)34-19)32(15)20(33)29-14-3-4-17(22(24,25)26)16(6-14)18-27-9-13(23)10-28-18/h3-4,6,9-11,15H,5,7-8H2,1-2H3,(H,29,33)/t11-,15+,21-/m0/s1. The Morgan fingerprint density at radius 1 is 1.21 bits per heavy atom. The Balaban J connectivity index is 1.47. The molecule has 3 aromatic rings. The molecule has 1 saturated carbocycles. The zero-order chi connectivity index (χ0) is 24.3. The second-order valence-electron chi connectivity index (χ2n) is 8.84. The lowest BCUT2D eigenvalue weighted by Gasteiger charge is -2.61. The average molecular weight is 476 g/mol. The molecule has 34 heavy (non-hydrogen) atoms. The van der Waals surface area contributed by atoms with Crippen LogP contribution in [0.15, 0.2) is 35.0 Å². The third-order valence-electron chi connectivity index (χ3n) is 6.34. The summed E-state index contributed by atoms with van der Waals surface area (Å²) in [7, 11) is 0. The molecular weight excluding hydrogens is 456 g/mol. The molecule has 1 aromatic carbocycles. The summed E-state index contributed by atoms with van der Waals surface area (Å²) in [4.78, 5) is 22.3. The Hall–Kier alpha value is -3.57. The van der Waals surface area contributed by atoms with Crippen LogP contribution in [-0.2, 0) is 11.7 Å². The number of rotatable bonds is 3. The van der Waals surface area contributed by atoms with Gasteiger partial charge in [-0.3, -0.25) is 0 Å². The molecule has 0 unspecified atom stereocenters. The molecule has 178 valence electrons. The normalized spacial score (nSPS) is 24.0. The van der Waals surface area contributed by atoms with Crippen LogP contribution in [0.5, 0.6) is 0 Å². The number of aryl methyl sites for hydroxylation is 1. The van der Waals surface area contributed by atoms with Crippen molar-refractivity contribution in [1.29, 1.82) is 0 Å². The van der Waals surface area contributed by atoms with Crippen molar-refractivity contribution in [3.8, 4) is 11.4 Å². The molecule has 2 bridgehead atoms. The molecular formula is C22H20F4N6O2. The van der Waals surface area contributed by atoms with Gasteiger partial charge in [0.1, 0.15) is 5.54 Å². The molecule has 1 aliphatic carbocycles. The molecule has 0 radical (unpaired) electrons. The van der Waals surface area contributed by atoms with Crippen molar-refractivity contribution in [1.82, 2.24) is 25.1 Å². The lowest BCUT2D eigenvalue weighted by Crippen LogP contribution is -2.70. The maximum atomic E-state index is 13.6. The summed E-state index contributed by atoms with van der Waals surface area (Å²) in [5.41, 5.74) is -1.99. The van der Waals surface area contributed by atoms with Crippen molar-refractivity contribution >= 4 is 11.7 Å². The first-order valence-corrected chi connectivity index (χ1v) is 10.7. The monoisotopic (exact) mass is 476 g/mol. The largest absolute Gasteiger partial charge is 0.423 e. The molecule has 2 aromatic heterocycles. The molecule has 3 atom stereocenters. The topological polar surface area (TPSA) is 97.0 Å². The van der Waals surface area contributed by atoms with Crippen molar-refractivity contribution in [2.24, 2.45) is 5.92 Å². The van der Waals surface area contributed by atoms with Crippen molar-refractivity contribution in [2.45, 2.75) is 50.9 Å². The van der Waals surface area contributed by atoms with Gasteiger partial charge in [-0.05, 0) is 37.0 Å². The van der Waals surface area contributed by atoms with Gasteiger partial charge in [-0.25, -0.2) is 19.2 Å². The summed E-state index contributed by atoms with van der Waals surface area (Å²) in [5, 5.41) is 10.7. The number of amides is 2. The zero-order valence-electron chi connectivity index (χ0n) is 18.2. The van der Waals surface area contributed by atoms with E-state index < -0.39 is 29.1 Å². The maximum Gasteiger partial charge on any atom is 0.417 e. The molecule has 1 saturated heterocycles. The summed E-state index contributed by atoms with van der Waals surface area (Å²) in [5.74, 6) is -0.00341. The van der Waals surface area contributed by atoms with Crippen molar-refractivity contribution in [3.63, 3.8) is 0 Å². The molecule has 5 rings (SSSR count). The van der Waals surface area contributed by atoms with E-state index in [0.29, 0.717) is 30.5 Å². The highest BCUT2D eigenvalue weighted by atomic mass is 19.4. The Bertz CT molecular complexity index is 1240. The van der Waals surface area contributed by atoms with Gasteiger partial charge in [-0.1, -0.05) is 6.92 Å². The number of aromatic nitrogens is 4. The number of anilines is 1. The molecule has 0 spiro atoms. The number of halogens is 4. The van der Waals surface area contributed by atoms with Crippen LogP contribution in [0.3, 0.4) is 0 Å². The summed E-state index contributed by atoms with van der Waals surface area (Å²) in [6, 6.07) is 2.61. The number of nitrogens with one attached hydrogen (secondary N) is 1. The number of carbonyl (C=O) groups is 1. The fourth-order valence-corrected chi connectivity index (χ4v) is 5.12. The van der Waals surface area contributed by atoms with E-state index >= 15 is 0 Å². The van der Waals surface area contributed by atoms with E-state index in [1.807, 2.05) is 0 Å². The number of hydrogen-bond donors (Lipinski definition) is 1. The second kappa shape index (κ2) is 7.74. The van der Waals surface area contributed by atoms with Crippen molar-refractivity contribution < 1.29 is 26.8 Å². The number of hydrogen-bond acceptors (Lipinski definition) is 6. The van der Waals surface area contributed by atoms with E-state index in [1.54, 1.807) is 11.8 Å². The van der Waals surface area contributed by atoms with E-state index in [-0.39, 0.29) is 23.1 Å². The first-order chi connectivity index (χ1) is 16.1. The predicted molar refractivity (Wildman–Crippen MR) is 111 cm³/mol. The van der Waals surface area contributed by atoms with E-state index in [2.05, 4.69) is 32.4 Å². The minimum Gasteiger partial charge on any atom is -0.423 e. The van der Waals surface area contributed by atoms with Crippen LogP contribution in [0.1, 0.15) is 43.5 Å². The van der Waals surface area contributed by atoms with Crippen molar-refractivity contribution in [2.75, 3.05) is 5.32 Å². The first kappa shape index (κ1) is 22.2. The Labute approximate surface area is 191 Å². The molecule has 2 aliphatic rings. The minimum absolute atomic E-state index is 0.0506. The van der Waals surface area contributed by atoms with E-state index in [1.165, 1.54) is 0 Å². The van der Waals surface area contributed by atoms with Gasteiger partial charge in [0.2, 0.25) is 11.8 Å². The van der Waals surface area contributed by atoms with Gasteiger partial charge in [0.05, 0.1) is 18.0 Å². The van der Waals surface area contributed by atoms with Crippen LogP contribution in [0.25, 0.3) is 11.4 Å². The number of alkyl halides is 3. The summed E-state index contributed by atoms with van der Waals surface area (Å²) >= 11 is 0. The van der Waals surface area contributed by atoms with Crippen molar-refractivity contribution in [3.05, 3.63) is 53.8 Å². The van der Waals surface area contributed by atoms with Gasteiger partial charge in [-0.2, -0.15) is 13.2 Å². The fraction of sp³-hybridized carbons (Fsp3) is 0.409. The highest BCUT2D eigenvalue weighted by molar-refractivity contribution is 5.92. The van der Waals surface area contributed by atoms with Gasteiger partial charge in [0, 0.05) is 30.6 Å². The molecule has 3 heterocycles.